The molecule has 0 fully saturated rings. The van der Waals surface area contributed by atoms with Crippen LogP contribution in [0.1, 0.15) is 5.69 Å². The Morgan fingerprint density at radius 1 is 1.37 bits per heavy atom. The predicted molar refractivity (Wildman–Crippen MR) is 84.1 cm³/mol. The molecule has 0 spiro atoms. The molecule has 0 radical (unpaired) electrons. The van der Waals surface area contributed by atoms with Crippen LogP contribution < -0.4 is 15.8 Å². The molecular formula is C13H12BrN3OS. The second kappa shape index (κ2) is 5.99. The Kier molecular flexibility index (Phi) is 4.34. The highest BCUT2D eigenvalue weighted by atomic mass is 79.9. The van der Waals surface area contributed by atoms with Crippen LogP contribution in [0.2, 0.25) is 0 Å². The minimum Gasteiger partial charge on any atom is -0.497 e. The molecule has 1 aromatic heterocycles. The van der Waals surface area contributed by atoms with E-state index in [1.807, 2.05) is 30.3 Å². The van der Waals surface area contributed by atoms with Crippen LogP contribution in [0.15, 0.2) is 41.0 Å². The van der Waals surface area contributed by atoms with Gasteiger partial charge in [0.2, 0.25) is 0 Å². The number of benzene rings is 1. The van der Waals surface area contributed by atoms with Gasteiger partial charge >= 0.3 is 0 Å². The smallest absolute Gasteiger partial charge is 0.124 e. The van der Waals surface area contributed by atoms with Crippen molar-refractivity contribution in [2.24, 2.45) is 5.73 Å². The van der Waals surface area contributed by atoms with Crippen molar-refractivity contribution in [2.75, 3.05) is 12.4 Å². The zero-order chi connectivity index (χ0) is 13.8. The molecule has 2 aromatic rings. The highest BCUT2D eigenvalue weighted by Gasteiger charge is 2.08. The molecule has 4 nitrogen and oxygen atoms in total. The van der Waals surface area contributed by atoms with E-state index in [-0.39, 0.29) is 4.99 Å². The Balaban J connectivity index is 2.38. The molecule has 0 aliphatic heterocycles. The molecule has 98 valence electrons. The fraction of sp³-hybridized carbons (Fsp3) is 0.0769. The first-order valence-corrected chi connectivity index (χ1v) is 6.67. The number of thiocarbonyl (C=S) groups is 1. The molecule has 0 atom stereocenters. The van der Waals surface area contributed by atoms with Gasteiger partial charge in [0.05, 0.1) is 18.5 Å². The van der Waals surface area contributed by atoms with Gasteiger partial charge in [-0.25, -0.2) is 0 Å². The maximum atomic E-state index is 5.65. The number of nitrogens with zero attached hydrogens (tertiary/aromatic N) is 1. The number of anilines is 2. The fourth-order valence-electron chi connectivity index (χ4n) is 1.57. The Morgan fingerprint density at radius 3 is 2.84 bits per heavy atom. The van der Waals surface area contributed by atoms with Crippen molar-refractivity contribution in [2.45, 2.75) is 0 Å². The maximum absolute atomic E-state index is 5.65. The van der Waals surface area contributed by atoms with Crippen LogP contribution in [0.5, 0.6) is 5.75 Å². The molecule has 3 N–H and O–H groups in total. The number of methoxy groups -OCH3 is 1. The summed E-state index contributed by atoms with van der Waals surface area (Å²) in [6, 6.07) is 9.33. The van der Waals surface area contributed by atoms with Crippen molar-refractivity contribution in [3.05, 3.63) is 46.7 Å². The molecule has 0 bridgehead atoms. The lowest BCUT2D eigenvalue weighted by molar-refractivity contribution is 0.415. The van der Waals surface area contributed by atoms with Crippen LogP contribution in [-0.2, 0) is 0 Å². The summed E-state index contributed by atoms with van der Waals surface area (Å²) in [6.45, 7) is 0. The molecule has 0 amide bonds. The normalized spacial score (nSPS) is 10.0. The average Bonchev–Trinajstić information content (AvgIpc) is 2.41. The van der Waals surface area contributed by atoms with Crippen LogP contribution in [0.3, 0.4) is 0 Å². The Labute approximate surface area is 125 Å². The van der Waals surface area contributed by atoms with Crippen molar-refractivity contribution < 1.29 is 4.74 Å². The summed E-state index contributed by atoms with van der Waals surface area (Å²) in [7, 11) is 1.62. The lowest BCUT2D eigenvalue weighted by Crippen LogP contribution is -2.13. The lowest BCUT2D eigenvalue weighted by atomic mass is 10.2. The van der Waals surface area contributed by atoms with E-state index in [0.29, 0.717) is 5.69 Å². The molecule has 19 heavy (non-hydrogen) atoms. The summed E-state index contributed by atoms with van der Waals surface area (Å²) in [5, 5.41) is 3.24. The highest BCUT2D eigenvalue weighted by Crippen LogP contribution is 2.30. The Morgan fingerprint density at radius 2 is 2.16 bits per heavy atom. The van der Waals surface area contributed by atoms with Gasteiger partial charge in [-0.05, 0) is 40.2 Å². The van der Waals surface area contributed by atoms with Gasteiger partial charge in [-0.15, -0.1) is 0 Å². The number of aromatic nitrogens is 1. The number of nitrogens with two attached hydrogens (primary N) is 1. The fourth-order valence-corrected chi connectivity index (χ4v) is 2.08. The van der Waals surface area contributed by atoms with E-state index in [1.165, 1.54) is 0 Å². The third kappa shape index (κ3) is 3.21. The molecule has 0 saturated carbocycles. The summed E-state index contributed by atoms with van der Waals surface area (Å²) in [5.41, 5.74) is 7.82. The van der Waals surface area contributed by atoms with Crippen LogP contribution in [0, 0.1) is 0 Å². The average molecular weight is 338 g/mol. The Bertz CT molecular complexity index is 619. The van der Waals surface area contributed by atoms with Gasteiger partial charge in [-0.1, -0.05) is 12.2 Å². The molecule has 0 unspecified atom stereocenters. The van der Waals surface area contributed by atoms with E-state index in [4.69, 9.17) is 22.7 Å². The van der Waals surface area contributed by atoms with Gasteiger partial charge < -0.3 is 15.8 Å². The van der Waals surface area contributed by atoms with Gasteiger partial charge in [0.25, 0.3) is 0 Å². The lowest BCUT2D eigenvalue weighted by Gasteiger charge is -2.12. The van der Waals surface area contributed by atoms with E-state index in [2.05, 4.69) is 26.2 Å². The van der Waals surface area contributed by atoms with E-state index >= 15 is 0 Å². The van der Waals surface area contributed by atoms with Crippen molar-refractivity contribution in [3.63, 3.8) is 0 Å². The summed E-state index contributed by atoms with van der Waals surface area (Å²) in [4.78, 5) is 4.42. The van der Waals surface area contributed by atoms with Crippen LogP contribution in [0.25, 0.3) is 0 Å². The molecule has 0 aliphatic rings. The van der Waals surface area contributed by atoms with Crippen LogP contribution >= 0.6 is 28.1 Å². The number of hydrogen-bond acceptors (Lipinski definition) is 4. The summed E-state index contributed by atoms with van der Waals surface area (Å²) >= 11 is 8.46. The van der Waals surface area contributed by atoms with Gasteiger partial charge in [-0.2, -0.15) is 0 Å². The van der Waals surface area contributed by atoms with Gasteiger partial charge in [-0.3, -0.25) is 4.98 Å². The van der Waals surface area contributed by atoms with Gasteiger partial charge in [0.15, 0.2) is 0 Å². The molecule has 0 aliphatic carbocycles. The number of pyridine rings is 1. The predicted octanol–water partition coefficient (Wildman–Crippen LogP) is 3.23. The van der Waals surface area contributed by atoms with Crippen LogP contribution in [0.4, 0.5) is 11.4 Å². The monoisotopic (exact) mass is 337 g/mol. The largest absolute Gasteiger partial charge is 0.497 e. The SMILES string of the molecule is COc1ccc(Br)c(Nc2cccnc2C(N)=S)c1. The summed E-state index contributed by atoms with van der Waals surface area (Å²) in [6.07, 6.45) is 1.65. The van der Waals surface area contributed by atoms with E-state index in [9.17, 15) is 0 Å². The van der Waals surface area contributed by atoms with Gasteiger partial charge in [0.1, 0.15) is 16.4 Å². The molecule has 2 rings (SSSR count). The first-order chi connectivity index (χ1) is 9.11. The quantitative estimate of drug-likeness (QED) is 0.838. The topological polar surface area (TPSA) is 60.2 Å². The second-order valence-electron chi connectivity index (χ2n) is 3.73. The van der Waals surface area contributed by atoms with Gasteiger partial charge in [0, 0.05) is 16.7 Å². The zero-order valence-electron chi connectivity index (χ0n) is 10.2. The molecular weight excluding hydrogens is 326 g/mol. The number of hydrogen-bond donors (Lipinski definition) is 2. The van der Waals surface area contributed by atoms with E-state index in [1.54, 1.807) is 13.3 Å². The highest BCUT2D eigenvalue weighted by molar-refractivity contribution is 9.10. The summed E-state index contributed by atoms with van der Waals surface area (Å²) < 4.78 is 6.11. The zero-order valence-corrected chi connectivity index (χ0v) is 12.6. The Hall–Kier alpha value is -1.66. The standard InChI is InChI=1S/C13H12BrN3OS/c1-18-8-4-5-9(14)11(7-8)17-10-3-2-6-16-12(10)13(15)19/h2-7,17H,1H3,(H2,15,19). The third-order valence-electron chi connectivity index (χ3n) is 2.48. The minimum absolute atomic E-state index is 0.252. The molecule has 1 aromatic carbocycles. The van der Waals surface area contributed by atoms with Crippen molar-refractivity contribution in [1.29, 1.82) is 0 Å². The van der Waals surface area contributed by atoms with Crippen LogP contribution in [-0.4, -0.2) is 17.1 Å². The molecule has 0 saturated heterocycles. The number of ether oxygens (including phenoxy) is 1. The van der Waals surface area contributed by atoms with Crippen molar-refractivity contribution in [3.8, 4) is 5.75 Å². The number of rotatable bonds is 4. The number of nitrogens with one attached hydrogen (secondary N) is 1. The van der Waals surface area contributed by atoms with Crippen molar-refractivity contribution >= 4 is 44.5 Å². The van der Waals surface area contributed by atoms with E-state index in [0.717, 1.165) is 21.6 Å². The molecule has 1 heterocycles. The van der Waals surface area contributed by atoms with E-state index < -0.39 is 0 Å². The first-order valence-electron chi connectivity index (χ1n) is 5.47. The minimum atomic E-state index is 0.252. The third-order valence-corrected chi connectivity index (χ3v) is 3.37. The summed E-state index contributed by atoms with van der Waals surface area (Å²) in [5.74, 6) is 0.756. The molecule has 6 heteroatoms. The maximum Gasteiger partial charge on any atom is 0.124 e. The second-order valence-corrected chi connectivity index (χ2v) is 5.03. The van der Waals surface area contributed by atoms with Crippen molar-refractivity contribution in [1.82, 2.24) is 4.98 Å². The number of halogens is 1. The first kappa shape index (κ1) is 13.8.